The van der Waals surface area contributed by atoms with Crippen molar-refractivity contribution in [2.75, 3.05) is 13.2 Å². The van der Waals surface area contributed by atoms with Crippen molar-refractivity contribution >= 4 is 11.9 Å². The maximum Gasteiger partial charge on any atom is 0.196 e. The van der Waals surface area contributed by atoms with Crippen molar-refractivity contribution in [3.8, 4) is 11.5 Å². The topological polar surface area (TPSA) is 35.5 Å². The molecule has 1 aliphatic rings. The second kappa shape index (κ2) is 9.96. The fourth-order valence-electron chi connectivity index (χ4n) is 3.22. The van der Waals surface area contributed by atoms with Crippen molar-refractivity contribution in [1.82, 2.24) is 0 Å². The van der Waals surface area contributed by atoms with E-state index in [2.05, 4.69) is 6.92 Å². The van der Waals surface area contributed by atoms with Crippen LogP contribution in [-0.2, 0) is 0 Å². The highest BCUT2D eigenvalue weighted by molar-refractivity contribution is 6.14. The summed E-state index contributed by atoms with van der Waals surface area (Å²) in [5, 5.41) is 0. The average molecular weight is 364 g/mol. The van der Waals surface area contributed by atoms with Gasteiger partial charge in [-0.05, 0) is 42.3 Å². The van der Waals surface area contributed by atoms with E-state index in [-0.39, 0.29) is 5.78 Å². The zero-order valence-corrected chi connectivity index (χ0v) is 16.1. The van der Waals surface area contributed by atoms with E-state index in [9.17, 15) is 4.79 Å². The molecule has 3 rings (SSSR count). The molecule has 0 fully saturated rings. The van der Waals surface area contributed by atoms with E-state index in [0.29, 0.717) is 23.5 Å². The minimum Gasteiger partial charge on any atom is -0.494 e. The van der Waals surface area contributed by atoms with Crippen molar-refractivity contribution in [2.45, 2.75) is 45.4 Å². The largest absolute Gasteiger partial charge is 0.494 e. The van der Waals surface area contributed by atoms with Gasteiger partial charge in [-0.25, -0.2) is 0 Å². The molecule has 0 aromatic heterocycles. The number of para-hydroxylation sites is 1. The average Bonchev–Trinajstić information content (AvgIpc) is 2.71. The predicted molar refractivity (Wildman–Crippen MR) is 110 cm³/mol. The number of unbranched alkanes of at least 4 members (excludes halogenated alkanes) is 5. The van der Waals surface area contributed by atoms with Gasteiger partial charge in [-0.1, -0.05) is 63.3 Å². The first-order valence-corrected chi connectivity index (χ1v) is 9.98. The molecule has 2 aromatic carbocycles. The first kappa shape index (κ1) is 19.2. The molecule has 3 heteroatoms. The minimum absolute atomic E-state index is 0.0419. The highest BCUT2D eigenvalue weighted by Gasteiger charge is 2.22. The van der Waals surface area contributed by atoms with E-state index in [1.54, 1.807) is 0 Å². The van der Waals surface area contributed by atoms with E-state index >= 15 is 0 Å². The van der Waals surface area contributed by atoms with E-state index in [1.807, 2.05) is 54.6 Å². The summed E-state index contributed by atoms with van der Waals surface area (Å²) in [5.41, 5.74) is 2.29. The molecular weight excluding hydrogens is 336 g/mol. The SMILES string of the molecule is CCCCCCCCOc1ccc(/C=C2/COc3ccccc3C2=O)cc1. The molecule has 0 saturated heterocycles. The Bertz CT molecular complexity index is 774. The van der Waals surface area contributed by atoms with Crippen LogP contribution in [0.2, 0.25) is 0 Å². The maximum absolute atomic E-state index is 12.6. The Hall–Kier alpha value is -2.55. The molecule has 0 bridgehead atoms. The van der Waals surface area contributed by atoms with Crippen LogP contribution in [0.3, 0.4) is 0 Å². The van der Waals surface area contributed by atoms with Gasteiger partial charge in [0.1, 0.15) is 18.1 Å². The molecule has 0 amide bonds. The van der Waals surface area contributed by atoms with Crippen LogP contribution in [0.15, 0.2) is 54.1 Å². The second-order valence-corrected chi connectivity index (χ2v) is 6.97. The number of carbonyl (C=O) groups excluding carboxylic acids is 1. The van der Waals surface area contributed by atoms with E-state index in [4.69, 9.17) is 9.47 Å². The summed E-state index contributed by atoms with van der Waals surface area (Å²) in [7, 11) is 0. The van der Waals surface area contributed by atoms with Crippen molar-refractivity contribution in [1.29, 1.82) is 0 Å². The van der Waals surface area contributed by atoms with E-state index < -0.39 is 0 Å². The fraction of sp³-hybridized carbons (Fsp3) is 0.375. The summed E-state index contributed by atoms with van der Waals surface area (Å²) < 4.78 is 11.5. The number of hydrogen-bond donors (Lipinski definition) is 0. The Morgan fingerprint density at radius 3 is 2.52 bits per heavy atom. The predicted octanol–water partition coefficient (Wildman–Crippen LogP) is 6.08. The number of benzene rings is 2. The summed E-state index contributed by atoms with van der Waals surface area (Å²) in [5.74, 6) is 1.58. The van der Waals surface area contributed by atoms with Crippen LogP contribution in [0.1, 0.15) is 61.4 Å². The van der Waals surface area contributed by atoms with Crippen LogP contribution >= 0.6 is 0 Å². The number of rotatable bonds is 9. The zero-order valence-electron chi connectivity index (χ0n) is 16.1. The molecule has 0 aliphatic carbocycles. The molecule has 1 aliphatic heterocycles. The number of Topliss-reactive ketones (excluding diaryl/α,β-unsaturated/α-hetero) is 1. The third-order valence-corrected chi connectivity index (χ3v) is 4.79. The Morgan fingerprint density at radius 1 is 0.963 bits per heavy atom. The Labute approximate surface area is 162 Å². The molecule has 0 spiro atoms. The lowest BCUT2D eigenvalue weighted by Gasteiger charge is -2.18. The Morgan fingerprint density at radius 2 is 1.70 bits per heavy atom. The molecule has 1 heterocycles. The second-order valence-electron chi connectivity index (χ2n) is 6.97. The maximum atomic E-state index is 12.6. The molecule has 0 N–H and O–H groups in total. The fourth-order valence-corrected chi connectivity index (χ4v) is 3.22. The van der Waals surface area contributed by atoms with Crippen LogP contribution in [0, 0.1) is 0 Å². The van der Waals surface area contributed by atoms with Gasteiger partial charge in [0.25, 0.3) is 0 Å². The molecule has 142 valence electrons. The standard InChI is InChI=1S/C24H28O3/c1-2-3-4-5-6-9-16-26-21-14-12-19(13-15-21)17-20-18-27-23-11-8-7-10-22(23)24(20)25/h7-8,10-15,17H,2-6,9,16,18H2,1H3/b20-17-. The number of ether oxygens (including phenoxy) is 2. The van der Waals surface area contributed by atoms with E-state index in [0.717, 1.165) is 24.3 Å². The van der Waals surface area contributed by atoms with E-state index in [1.165, 1.54) is 32.1 Å². The summed E-state index contributed by atoms with van der Waals surface area (Å²) in [6.07, 6.45) is 9.46. The molecular formula is C24H28O3. The molecule has 0 radical (unpaired) electrons. The lowest BCUT2D eigenvalue weighted by atomic mass is 9.98. The van der Waals surface area contributed by atoms with Crippen molar-refractivity contribution < 1.29 is 14.3 Å². The van der Waals surface area contributed by atoms with Gasteiger partial charge in [0.15, 0.2) is 5.78 Å². The van der Waals surface area contributed by atoms with Crippen LogP contribution in [0.25, 0.3) is 6.08 Å². The van der Waals surface area contributed by atoms with Crippen LogP contribution in [-0.4, -0.2) is 19.0 Å². The lowest BCUT2D eigenvalue weighted by molar-refractivity contribution is 0.100. The van der Waals surface area contributed by atoms with Gasteiger partial charge in [0.05, 0.1) is 12.2 Å². The third kappa shape index (κ3) is 5.46. The normalized spacial score (nSPS) is 14.7. The Balaban J connectivity index is 1.51. The number of ketones is 1. The molecule has 27 heavy (non-hydrogen) atoms. The van der Waals surface area contributed by atoms with Gasteiger partial charge in [-0.2, -0.15) is 0 Å². The molecule has 0 saturated carbocycles. The summed E-state index contributed by atoms with van der Waals surface area (Å²) in [4.78, 5) is 12.6. The number of hydrogen-bond acceptors (Lipinski definition) is 3. The van der Waals surface area contributed by atoms with Gasteiger partial charge >= 0.3 is 0 Å². The number of fused-ring (bicyclic) bond motifs is 1. The Kier molecular flexibility index (Phi) is 7.09. The molecule has 3 nitrogen and oxygen atoms in total. The van der Waals surface area contributed by atoms with Crippen LogP contribution < -0.4 is 9.47 Å². The summed E-state index contributed by atoms with van der Waals surface area (Å²) in [6.45, 7) is 3.31. The van der Waals surface area contributed by atoms with Gasteiger partial charge in [-0.3, -0.25) is 4.79 Å². The van der Waals surface area contributed by atoms with Crippen molar-refractivity contribution in [2.24, 2.45) is 0 Å². The van der Waals surface area contributed by atoms with Gasteiger partial charge in [0, 0.05) is 5.57 Å². The highest BCUT2D eigenvalue weighted by atomic mass is 16.5. The monoisotopic (exact) mass is 364 g/mol. The quantitative estimate of drug-likeness (QED) is 0.399. The molecule has 2 aromatic rings. The summed E-state index contributed by atoms with van der Waals surface area (Å²) in [6, 6.07) is 15.3. The van der Waals surface area contributed by atoms with Crippen molar-refractivity contribution in [3.05, 3.63) is 65.2 Å². The van der Waals surface area contributed by atoms with Gasteiger partial charge in [0.2, 0.25) is 0 Å². The smallest absolute Gasteiger partial charge is 0.196 e. The van der Waals surface area contributed by atoms with Crippen LogP contribution in [0.4, 0.5) is 0 Å². The zero-order chi connectivity index (χ0) is 18.9. The summed E-state index contributed by atoms with van der Waals surface area (Å²) >= 11 is 0. The lowest BCUT2D eigenvalue weighted by Crippen LogP contribution is -2.18. The number of carbonyl (C=O) groups is 1. The minimum atomic E-state index is 0.0419. The first-order chi connectivity index (χ1) is 13.3. The van der Waals surface area contributed by atoms with Crippen molar-refractivity contribution in [3.63, 3.8) is 0 Å². The molecule has 0 unspecified atom stereocenters. The van der Waals surface area contributed by atoms with Crippen LogP contribution in [0.5, 0.6) is 11.5 Å². The highest BCUT2D eigenvalue weighted by Crippen LogP contribution is 2.27. The molecule has 0 atom stereocenters. The van der Waals surface area contributed by atoms with Gasteiger partial charge < -0.3 is 9.47 Å². The third-order valence-electron chi connectivity index (χ3n) is 4.79. The first-order valence-electron chi connectivity index (χ1n) is 9.98. The van der Waals surface area contributed by atoms with Gasteiger partial charge in [-0.15, -0.1) is 0 Å².